The molecule has 1 aliphatic rings. The van der Waals surface area contributed by atoms with E-state index in [0.29, 0.717) is 5.82 Å². The molecular weight excluding hydrogens is 328 g/mol. The minimum absolute atomic E-state index is 0.108. The summed E-state index contributed by atoms with van der Waals surface area (Å²) >= 11 is 3.30. The van der Waals surface area contributed by atoms with Gasteiger partial charge in [-0.1, -0.05) is 24.3 Å². The molecule has 0 radical (unpaired) electrons. The molecule has 0 aromatic carbocycles. The van der Waals surface area contributed by atoms with Crippen LogP contribution in [0, 0.1) is 12.8 Å². The van der Waals surface area contributed by atoms with Crippen LogP contribution in [0.4, 0.5) is 0 Å². The highest BCUT2D eigenvalue weighted by Gasteiger charge is 2.31. The van der Waals surface area contributed by atoms with Crippen LogP contribution in [-0.2, 0) is 0 Å². The number of rotatable bonds is 3. The van der Waals surface area contributed by atoms with E-state index in [-0.39, 0.29) is 11.9 Å². The van der Waals surface area contributed by atoms with Gasteiger partial charge in [0.1, 0.15) is 5.82 Å². The van der Waals surface area contributed by atoms with E-state index < -0.39 is 0 Å². The first kappa shape index (κ1) is 15.1. The normalized spacial score (nSPS) is 18.7. The summed E-state index contributed by atoms with van der Waals surface area (Å²) in [7, 11) is 0. The fourth-order valence-corrected chi connectivity index (χ4v) is 5.33. The molecule has 0 bridgehead atoms. The van der Waals surface area contributed by atoms with Gasteiger partial charge in [0.2, 0.25) is 10.8 Å². The number of aromatic hydroxyl groups is 1. The van der Waals surface area contributed by atoms with Gasteiger partial charge in [-0.15, -0.1) is 16.4 Å². The SMILES string of the molecule is Cc1nc2sc([C@@H](c3cccs3)N3CCC(C)CC3)c(O)n2n1. The highest BCUT2D eigenvalue weighted by atomic mass is 32.1. The molecule has 122 valence electrons. The van der Waals surface area contributed by atoms with Gasteiger partial charge in [0.25, 0.3) is 0 Å². The van der Waals surface area contributed by atoms with Crippen molar-refractivity contribution in [1.29, 1.82) is 0 Å². The Bertz CT molecular complexity index is 800. The largest absolute Gasteiger partial charge is 0.492 e. The summed E-state index contributed by atoms with van der Waals surface area (Å²) in [5, 5.41) is 17.1. The molecule has 0 aliphatic carbocycles. The van der Waals surface area contributed by atoms with E-state index >= 15 is 0 Å². The number of hydrogen-bond acceptors (Lipinski definition) is 6. The molecular formula is C16H20N4OS2. The molecule has 1 aliphatic heterocycles. The summed E-state index contributed by atoms with van der Waals surface area (Å²) in [6.07, 6.45) is 2.42. The summed E-state index contributed by atoms with van der Waals surface area (Å²) in [6, 6.07) is 4.35. The Hall–Kier alpha value is -1.44. The standard InChI is InChI=1S/C16H20N4OS2/c1-10-5-7-19(8-6-10)13(12-4-3-9-22-12)14-15(21)20-16(23-14)17-11(2)18-20/h3-4,9-10,13,21H,5-8H2,1-2H3/t13-/m1/s1. The van der Waals surface area contributed by atoms with Crippen LogP contribution in [0.3, 0.4) is 0 Å². The van der Waals surface area contributed by atoms with Crippen LogP contribution in [0.5, 0.6) is 5.88 Å². The van der Waals surface area contributed by atoms with E-state index in [4.69, 9.17) is 0 Å². The fourth-order valence-electron chi connectivity index (χ4n) is 3.23. The number of aryl methyl sites for hydroxylation is 1. The Morgan fingerprint density at radius 2 is 2.13 bits per heavy atom. The lowest BCUT2D eigenvalue weighted by Crippen LogP contribution is -2.36. The van der Waals surface area contributed by atoms with Crippen LogP contribution in [0.2, 0.25) is 0 Å². The number of fused-ring (bicyclic) bond motifs is 1. The maximum Gasteiger partial charge on any atom is 0.230 e. The van der Waals surface area contributed by atoms with Gasteiger partial charge >= 0.3 is 0 Å². The van der Waals surface area contributed by atoms with Crippen molar-refractivity contribution < 1.29 is 5.11 Å². The van der Waals surface area contributed by atoms with Crippen molar-refractivity contribution in [2.24, 2.45) is 5.92 Å². The summed E-state index contributed by atoms with van der Waals surface area (Å²) < 4.78 is 1.57. The van der Waals surface area contributed by atoms with E-state index in [1.807, 2.05) is 6.92 Å². The molecule has 1 saturated heterocycles. The van der Waals surface area contributed by atoms with Crippen molar-refractivity contribution in [3.63, 3.8) is 0 Å². The van der Waals surface area contributed by atoms with Gasteiger partial charge in [0.05, 0.1) is 10.9 Å². The van der Waals surface area contributed by atoms with Crippen molar-refractivity contribution in [3.05, 3.63) is 33.1 Å². The first-order valence-corrected chi connectivity index (χ1v) is 9.65. The zero-order valence-electron chi connectivity index (χ0n) is 13.3. The molecule has 0 spiro atoms. The molecule has 0 saturated carbocycles. The number of likely N-dealkylation sites (tertiary alicyclic amines) is 1. The zero-order chi connectivity index (χ0) is 16.0. The molecule has 23 heavy (non-hydrogen) atoms. The van der Waals surface area contributed by atoms with Gasteiger partial charge in [0.15, 0.2) is 0 Å². The third kappa shape index (κ3) is 2.66. The smallest absolute Gasteiger partial charge is 0.230 e. The maximum absolute atomic E-state index is 10.7. The van der Waals surface area contributed by atoms with E-state index in [2.05, 4.69) is 39.4 Å². The molecule has 7 heteroatoms. The van der Waals surface area contributed by atoms with Crippen LogP contribution in [0.1, 0.15) is 41.4 Å². The second-order valence-electron chi connectivity index (χ2n) is 6.28. The lowest BCUT2D eigenvalue weighted by Gasteiger charge is -2.35. The molecule has 4 heterocycles. The highest BCUT2D eigenvalue weighted by molar-refractivity contribution is 7.17. The molecule has 3 aromatic heterocycles. The van der Waals surface area contributed by atoms with Crippen molar-refractivity contribution >= 4 is 27.6 Å². The van der Waals surface area contributed by atoms with Crippen molar-refractivity contribution in [1.82, 2.24) is 19.5 Å². The first-order chi connectivity index (χ1) is 11.1. The average molecular weight is 348 g/mol. The number of thiazole rings is 1. The monoisotopic (exact) mass is 348 g/mol. The lowest BCUT2D eigenvalue weighted by molar-refractivity contribution is 0.159. The minimum Gasteiger partial charge on any atom is -0.492 e. The summed E-state index contributed by atoms with van der Waals surface area (Å²) in [4.78, 5) is 9.90. The Morgan fingerprint density at radius 3 is 2.78 bits per heavy atom. The predicted molar refractivity (Wildman–Crippen MR) is 93.4 cm³/mol. The number of hydrogen-bond donors (Lipinski definition) is 1. The molecule has 5 nitrogen and oxygen atoms in total. The van der Waals surface area contributed by atoms with E-state index in [1.165, 1.54) is 17.7 Å². The van der Waals surface area contributed by atoms with Crippen LogP contribution in [0.15, 0.2) is 17.5 Å². The summed E-state index contributed by atoms with van der Waals surface area (Å²) in [6.45, 7) is 6.30. The lowest BCUT2D eigenvalue weighted by atomic mass is 9.97. The van der Waals surface area contributed by atoms with E-state index in [1.54, 1.807) is 27.2 Å². The molecule has 0 unspecified atom stereocenters. The quantitative estimate of drug-likeness (QED) is 0.784. The van der Waals surface area contributed by atoms with Gasteiger partial charge in [-0.05, 0) is 50.2 Å². The second-order valence-corrected chi connectivity index (χ2v) is 8.27. The fraction of sp³-hybridized carbons (Fsp3) is 0.500. The molecule has 1 fully saturated rings. The van der Waals surface area contributed by atoms with E-state index in [9.17, 15) is 5.11 Å². The Morgan fingerprint density at radius 1 is 1.35 bits per heavy atom. The third-order valence-corrected chi connectivity index (χ3v) is 6.55. The Kier molecular flexibility index (Phi) is 3.87. The van der Waals surface area contributed by atoms with Crippen molar-refractivity contribution in [2.75, 3.05) is 13.1 Å². The zero-order valence-corrected chi connectivity index (χ0v) is 14.9. The molecule has 0 amide bonds. The van der Waals surface area contributed by atoms with Gasteiger partial charge in [-0.3, -0.25) is 4.90 Å². The Balaban J connectivity index is 1.77. The Labute approximate surface area is 143 Å². The molecule has 3 aromatic rings. The highest BCUT2D eigenvalue weighted by Crippen LogP contribution is 2.42. The van der Waals surface area contributed by atoms with Gasteiger partial charge in [-0.2, -0.15) is 4.52 Å². The molecule has 1 atom stereocenters. The van der Waals surface area contributed by atoms with E-state index in [0.717, 1.165) is 28.8 Å². The predicted octanol–water partition coefficient (Wildman–Crippen LogP) is 3.69. The van der Waals surface area contributed by atoms with Crippen LogP contribution < -0.4 is 0 Å². The minimum atomic E-state index is 0.108. The number of piperidine rings is 1. The summed E-state index contributed by atoms with van der Waals surface area (Å²) in [5.74, 6) is 1.72. The van der Waals surface area contributed by atoms with Crippen molar-refractivity contribution in [2.45, 2.75) is 32.7 Å². The molecule has 1 N–H and O–H groups in total. The summed E-state index contributed by atoms with van der Waals surface area (Å²) in [5.41, 5.74) is 0. The van der Waals surface area contributed by atoms with Crippen molar-refractivity contribution in [3.8, 4) is 5.88 Å². The van der Waals surface area contributed by atoms with Crippen LogP contribution >= 0.6 is 22.7 Å². The topological polar surface area (TPSA) is 53.7 Å². The van der Waals surface area contributed by atoms with Crippen LogP contribution in [-0.4, -0.2) is 37.7 Å². The number of thiophene rings is 1. The average Bonchev–Trinajstić information content (AvgIpc) is 3.22. The van der Waals surface area contributed by atoms with Gasteiger partial charge in [-0.25, -0.2) is 4.98 Å². The third-order valence-electron chi connectivity index (χ3n) is 4.55. The number of nitrogens with zero attached hydrogens (tertiary/aromatic N) is 4. The number of aromatic nitrogens is 3. The van der Waals surface area contributed by atoms with Crippen LogP contribution in [0.25, 0.3) is 4.96 Å². The second kappa shape index (κ2) is 5.89. The van der Waals surface area contributed by atoms with Gasteiger partial charge < -0.3 is 5.11 Å². The first-order valence-electron chi connectivity index (χ1n) is 7.96. The molecule has 4 rings (SSSR count). The van der Waals surface area contributed by atoms with Gasteiger partial charge in [0, 0.05) is 4.88 Å². The maximum atomic E-state index is 10.7.